The average Bonchev–Trinajstić information content (AvgIpc) is 4.05. The molecule has 0 spiro atoms. The minimum atomic E-state index is -4.80. The van der Waals surface area contributed by atoms with Gasteiger partial charge in [-0.2, -0.15) is 18.4 Å². The summed E-state index contributed by atoms with van der Waals surface area (Å²) in [5.41, 5.74) is 3.50. The lowest BCUT2D eigenvalue weighted by molar-refractivity contribution is -0.144. The number of nitrogens with zero attached hydrogens (tertiary/aromatic N) is 5. The monoisotopic (exact) mass is 1020 g/mol. The zero-order chi connectivity index (χ0) is 52.1. The number of thiazole rings is 1. The Bertz CT molecular complexity index is 2840. The first kappa shape index (κ1) is 53.1. The Kier molecular flexibility index (Phi) is 16.2. The third kappa shape index (κ3) is 12.0. The number of carbonyl (C=O) groups is 4. The maximum atomic E-state index is 14.0. The molecule has 2 fully saturated rings. The van der Waals surface area contributed by atoms with Gasteiger partial charge in [-0.3, -0.25) is 24.1 Å². The summed E-state index contributed by atoms with van der Waals surface area (Å²) in [6.45, 7) is 13.7. The van der Waals surface area contributed by atoms with E-state index in [0.29, 0.717) is 56.8 Å². The predicted octanol–water partition coefficient (Wildman–Crippen LogP) is 10.00. The number of aromatic nitrogens is 1. The van der Waals surface area contributed by atoms with Crippen LogP contribution in [0.3, 0.4) is 0 Å². The van der Waals surface area contributed by atoms with E-state index in [2.05, 4.69) is 15.6 Å². The number of aryl methyl sites for hydroxylation is 1. The van der Waals surface area contributed by atoms with Crippen LogP contribution in [0.5, 0.6) is 5.75 Å². The van der Waals surface area contributed by atoms with Gasteiger partial charge < -0.3 is 29.9 Å². The van der Waals surface area contributed by atoms with Crippen molar-refractivity contribution in [3.8, 4) is 33.4 Å². The highest BCUT2D eigenvalue weighted by atomic mass is 32.1. The Balaban J connectivity index is 0.848. The third-order valence-electron chi connectivity index (χ3n) is 12.8. The average molecular weight is 1020 g/mol. The quantitative estimate of drug-likeness (QED) is 0.0679. The summed E-state index contributed by atoms with van der Waals surface area (Å²) in [5, 5.41) is 15.1. The molecule has 18 heteroatoms. The number of ether oxygens (including phenoxy) is 2. The molecule has 2 aliphatic rings. The molecule has 2 N–H and O–H groups in total. The fourth-order valence-corrected chi connectivity index (χ4v) is 10.2. The number of hydrogen-bond donors (Lipinski definition) is 2. The van der Waals surface area contributed by atoms with Crippen LogP contribution in [0.4, 0.5) is 24.5 Å². The van der Waals surface area contributed by atoms with E-state index < -0.39 is 52.2 Å². The summed E-state index contributed by atoms with van der Waals surface area (Å²) >= 11 is 7.27. The van der Waals surface area contributed by atoms with Crippen LogP contribution in [-0.2, 0) is 36.6 Å². The van der Waals surface area contributed by atoms with Crippen molar-refractivity contribution in [3.05, 3.63) is 119 Å². The van der Waals surface area contributed by atoms with E-state index in [0.717, 1.165) is 49.9 Å². The van der Waals surface area contributed by atoms with Gasteiger partial charge in [0.05, 0.1) is 45.1 Å². The second kappa shape index (κ2) is 22.0. The van der Waals surface area contributed by atoms with Gasteiger partial charge in [-0.1, -0.05) is 69.3 Å². The number of benzene rings is 4. The van der Waals surface area contributed by atoms with Gasteiger partial charge in [0.2, 0.25) is 17.7 Å². The minimum Gasteiger partial charge on any atom is -0.491 e. The standard InChI is InChI=1S/C54H58F3N7O6S2/c1-33(70-42-24-19-37(20-25-42)36-16-21-40(22-17-36)64-51(71)63(50(68)53(64,6)7)41-23-18-39(29-58)43(28-41)54(55,56)57)10-9-27-69-31-45(65)61-47(52(3,4)5)49(67)62-26-8-11-44(62)48(66)59-30-35-12-14-38(15-13-35)46-34(2)60-32-72-46/h12-25,28,32-33,44,47H,8-11,26-27,30-31H2,1-7H3,(H,59,66)(H,61,65)/t33-,44-,47?/m0/s1. The lowest BCUT2D eigenvalue weighted by Gasteiger charge is -2.35. The van der Waals surface area contributed by atoms with E-state index in [4.69, 9.17) is 21.7 Å². The van der Waals surface area contributed by atoms with Crippen molar-refractivity contribution in [3.63, 3.8) is 0 Å². The van der Waals surface area contributed by atoms with Crippen LogP contribution >= 0.6 is 23.6 Å². The number of hydrogen-bond acceptors (Lipinski definition) is 10. The van der Waals surface area contributed by atoms with Crippen molar-refractivity contribution < 1.29 is 41.8 Å². The van der Waals surface area contributed by atoms with Crippen molar-refractivity contribution in [2.75, 3.05) is 29.6 Å². The number of anilines is 2. The van der Waals surface area contributed by atoms with Gasteiger partial charge in [0, 0.05) is 25.4 Å². The predicted molar refractivity (Wildman–Crippen MR) is 275 cm³/mol. The summed E-state index contributed by atoms with van der Waals surface area (Å²) < 4.78 is 53.2. The minimum absolute atomic E-state index is 0.00879. The highest BCUT2D eigenvalue weighted by molar-refractivity contribution is 7.81. The second-order valence-corrected chi connectivity index (χ2v) is 20.8. The first-order chi connectivity index (χ1) is 34.1. The van der Waals surface area contributed by atoms with Crippen LogP contribution in [-0.4, -0.2) is 82.1 Å². The highest BCUT2D eigenvalue weighted by Gasteiger charge is 2.51. The van der Waals surface area contributed by atoms with Crippen LogP contribution in [0.15, 0.2) is 96.5 Å². The van der Waals surface area contributed by atoms with E-state index in [-0.39, 0.29) is 35.3 Å². The van der Waals surface area contributed by atoms with Gasteiger partial charge in [0.25, 0.3) is 5.91 Å². The maximum absolute atomic E-state index is 14.0. The fraction of sp³-hybridized carbons (Fsp3) is 0.389. The van der Waals surface area contributed by atoms with Crippen LogP contribution < -0.4 is 25.2 Å². The molecular weight excluding hydrogens is 964 g/mol. The third-order valence-corrected chi connectivity index (χ3v) is 14.2. The molecule has 2 aliphatic heterocycles. The number of alkyl halides is 3. The van der Waals surface area contributed by atoms with Gasteiger partial charge in [-0.05, 0) is 136 Å². The summed E-state index contributed by atoms with van der Waals surface area (Å²) in [7, 11) is 0. The van der Waals surface area contributed by atoms with Gasteiger partial charge >= 0.3 is 6.18 Å². The van der Waals surface area contributed by atoms with Crippen LogP contribution in [0.1, 0.15) is 89.6 Å². The Labute approximate surface area is 427 Å². The summed E-state index contributed by atoms with van der Waals surface area (Å²) in [4.78, 5) is 63.9. The topological polar surface area (TPSA) is 157 Å². The summed E-state index contributed by atoms with van der Waals surface area (Å²) in [5.74, 6) is -0.799. The van der Waals surface area contributed by atoms with Crippen LogP contribution in [0, 0.1) is 23.7 Å². The van der Waals surface area contributed by atoms with E-state index in [9.17, 15) is 37.6 Å². The van der Waals surface area contributed by atoms with Crippen molar-refractivity contribution in [2.45, 2.75) is 111 Å². The van der Waals surface area contributed by atoms with E-state index >= 15 is 0 Å². The normalized spacial score (nSPS) is 16.6. The second-order valence-electron chi connectivity index (χ2n) is 19.6. The number of amides is 4. The van der Waals surface area contributed by atoms with Gasteiger partial charge in [0.1, 0.15) is 30.0 Å². The Morgan fingerprint density at radius 2 is 1.60 bits per heavy atom. The Morgan fingerprint density at radius 3 is 2.21 bits per heavy atom. The molecule has 0 radical (unpaired) electrons. The van der Waals surface area contributed by atoms with Crippen LogP contribution in [0.2, 0.25) is 0 Å². The summed E-state index contributed by atoms with van der Waals surface area (Å²) in [6, 6.07) is 26.0. The molecule has 1 aromatic heterocycles. The largest absolute Gasteiger partial charge is 0.491 e. The maximum Gasteiger partial charge on any atom is 0.417 e. The highest BCUT2D eigenvalue weighted by Crippen LogP contribution is 2.40. The number of halogens is 3. The van der Waals surface area contributed by atoms with Crippen LogP contribution in [0.25, 0.3) is 21.6 Å². The van der Waals surface area contributed by atoms with E-state index in [1.54, 1.807) is 53.2 Å². The molecule has 13 nitrogen and oxygen atoms in total. The zero-order valence-corrected chi connectivity index (χ0v) is 42.9. The smallest absolute Gasteiger partial charge is 0.417 e. The van der Waals surface area contributed by atoms with Crippen molar-refractivity contribution in [2.24, 2.45) is 5.41 Å². The Morgan fingerprint density at radius 1 is 0.958 bits per heavy atom. The number of nitrogens with one attached hydrogen (secondary N) is 2. The first-order valence-corrected chi connectivity index (χ1v) is 25.0. The molecule has 7 rings (SSSR count). The molecule has 2 saturated heterocycles. The first-order valence-electron chi connectivity index (χ1n) is 23.7. The Hall–Kier alpha value is -6.68. The number of carbonyl (C=O) groups excluding carboxylic acids is 4. The number of nitriles is 1. The number of thiocarbonyl (C=S) groups is 1. The molecule has 5 aromatic rings. The molecule has 4 amide bonds. The summed E-state index contributed by atoms with van der Waals surface area (Å²) in [6.07, 6.45) is -2.49. The van der Waals surface area contributed by atoms with E-state index in [1.165, 1.54) is 6.07 Å². The molecule has 0 aliphatic carbocycles. The van der Waals surface area contributed by atoms with Gasteiger partial charge in [-0.15, -0.1) is 11.3 Å². The number of rotatable bonds is 17. The number of likely N-dealkylation sites (tertiary alicyclic amines) is 1. The SMILES string of the molecule is Cc1ncsc1-c1ccc(CNC(=O)[C@@H]2CCCN2C(=O)C(NC(=O)COCCC[C@H](C)Oc2ccc(-c3ccc(N4C(=S)N(c5ccc(C#N)c(C(F)(F)F)c5)C(=O)C4(C)C)cc3)cc2)C(C)(C)C)cc1. The molecule has 0 saturated carbocycles. The van der Waals surface area contributed by atoms with E-state index in [1.807, 2.05) is 101 Å². The lowest BCUT2D eigenvalue weighted by atomic mass is 9.85. The molecule has 72 heavy (non-hydrogen) atoms. The molecule has 3 atom stereocenters. The molecule has 1 unspecified atom stereocenters. The molecule has 4 aromatic carbocycles. The van der Waals surface area contributed by atoms with Crippen molar-refractivity contribution in [1.29, 1.82) is 5.26 Å². The van der Waals surface area contributed by atoms with Crippen molar-refractivity contribution in [1.82, 2.24) is 20.5 Å². The molecule has 3 heterocycles. The fourth-order valence-electron chi connectivity index (χ4n) is 8.90. The molecule has 0 bridgehead atoms. The lowest BCUT2D eigenvalue weighted by Crippen LogP contribution is -2.58. The van der Waals surface area contributed by atoms with Gasteiger partial charge in [-0.25, -0.2) is 4.98 Å². The van der Waals surface area contributed by atoms with Gasteiger partial charge in [0.15, 0.2) is 5.11 Å². The zero-order valence-electron chi connectivity index (χ0n) is 41.3. The molecular formula is C54H58F3N7O6S2. The molecule has 378 valence electrons. The van der Waals surface area contributed by atoms with Crippen molar-refractivity contribution >= 4 is 63.7 Å².